The van der Waals surface area contributed by atoms with E-state index < -0.39 is 0 Å². The van der Waals surface area contributed by atoms with E-state index in [9.17, 15) is 9.59 Å². The fraction of sp³-hybridized carbons (Fsp3) is 0.364. The maximum absolute atomic E-state index is 11.6. The number of carbonyl (C=O) groups is 1. The van der Waals surface area contributed by atoms with Crippen molar-refractivity contribution in [3.05, 3.63) is 39.0 Å². The molecule has 0 atom stereocenters. The molecule has 17 heavy (non-hydrogen) atoms. The molecule has 0 unspecified atom stereocenters. The molecule has 0 saturated heterocycles. The van der Waals surface area contributed by atoms with Crippen LogP contribution in [0.4, 0.5) is 0 Å². The van der Waals surface area contributed by atoms with Crippen LogP contribution < -0.4 is 5.56 Å². The van der Waals surface area contributed by atoms with E-state index in [2.05, 4.69) is 25.7 Å². The number of allylic oxidation sites excluding steroid dienone is 1. The molecule has 0 aliphatic rings. The molecule has 0 amide bonds. The Kier molecular flexibility index (Phi) is 5.09. The summed E-state index contributed by atoms with van der Waals surface area (Å²) in [6.45, 7) is 2.15. The van der Waals surface area contributed by atoms with Crippen molar-refractivity contribution in [2.24, 2.45) is 0 Å². The van der Waals surface area contributed by atoms with Crippen LogP contribution in [0.5, 0.6) is 0 Å². The van der Waals surface area contributed by atoms with E-state index >= 15 is 0 Å². The lowest BCUT2D eigenvalue weighted by molar-refractivity contribution is -0.136. The van der Waals surface area contributed by atoms with Crippen LogP contribution in [0.2, 0.25) is 0 Å². The van der Waals surface area contributed by atoms with Gasteiger partial charge in [0.1, 0.15) is 4.47 Å². The van der Waals surface area contributed by atoms with Crippen molar-refractivity contribution in [2.75, 3.05) is 7.11 Å². The lowest BCUT2D eigenvalue weighted by Gasteiger charge is -2.04. The first-order valence-corrected chi connectivity index (χ1v) is 5.86. The molecule has 1 rings (SSSR count). The van der Waals surface area contributed by atoms with Gasteiger partial charge in [-0.25, -0.2) is 9.78 Å². The Hall–Kier alpha value is -1.43. The molecule has 1 aromatic rings. The highest BCUT2D eigenvalue weighted by Crippen LogP contribution is 2.04. The smallest absolute Gasteiger partial charge is 0.333 e. The number of hydrogen-bond donors (Lipinski definition) is 0. The number of rotatable bonds is 4. The first-order valence-electron chi connectivity index (χ1n) is 5.07. The zero-order valence-corrected chi connectivity index (χ0v) is 11.2. The van der Waals surface area contributed by atoms with Crippen molar-refractivity contribution >= 4 is 21.9 Å². The van der Waals surface area contributed by atoms with Crippen LogP contribution in [-0.2, 0) is 16.1 Å². The summed E-state index contributed by atoms with van der Waals surface area (Å²) in [7, 11) is 1.33. The Morgan fingerprint density at radius 3 is 2.94 bits per heavy atom. The van der Waals surface area contributed by atoms with Gasteiger partial charge in [0.05, 0.1) is 13.4 Å². The Morgan fingerprint density at radius 2 is 2.35 bits per heavy atom. The van der Waals surface area contributed by atoms with Crippen molar-refractivity contribution < 1.29 is 9.53 Å². The molecule has 0 saturated carbocycles. The minimum absolute atomic E-state index is 0.184. The van der Waals surface area contributed by atoms with Gasteiger partial charge < -0.3 is 4.74 Å². The second kappa shape index (κ2) is 6.34. The maximum atomic E-state index is 11.6. The second-order valence-corrected chi connectivity index (χ2v) is 4.13. The van der Waals surface area contributed by atoms with Gasteiger partial charge in [0.25, 0.3) is 5.56 Å². The van der Waals surface area contributed by atoms with Crippen LogP contribution in [0.25, 0.3) is 0 Å². The van der Waals surface area contributed by atoms with Crippen LogP contribution in [0.15, 0.2) is 33.4 Å². The lowest BCUT2D eigenvalue weighted by atomic mass is 10.2. The van der Waals surface area contributed by atoms with E-state index in [4.69, 9.17) is 0 Å². The maximum Gasteiger partial charge on any atom is 0.333 e. The number of carbonyl (C=O) groups excluding carboxylic acids is 1. The average Bonchev–Trinajstić information content (AvgIpc) is 2.34. The summed E-state index contributed by atoms with van der Waals surface area (Å²) in [5, 5.41) is 0. The number of methoxy groups -OCH3 is 1. The third kappa shape index (κ3) is 3.52. The van der Waals surface area contributed by atoms with Crippen LogP contribution >= 0.6 is 15.9 Å². The standard InChI is InChI=1S/C11H13BrN2O3/c1-3-8(11(16)17-2)4-5-14-7-13-6-9(12)10(14)15/h4,6-7H,3,5H2,1-2H3. The molecule has 0 spiro atoms. The molecule has 6 heteroatoms. The molecule has 0 N–H and O–H groups in total. The van der Waals surface area contributed by atoms with Crippen LogP contribution in [0.1, 0.15) is 13.3 Å². The van der Waals surface area contributed by atoms with Crippen molar-refractivity contribution in [1.82, 2.24) is 9.55 Å². The van der Waals surface area contributed by atoms with Gasteiger partial charge in [0, 0.05) is 18.3 Å². The van der Waals surface area contributed by atoms with E-state index in [0.29, 0.717) is 23.0 Å². The van der Waals surface area contributed by atoms with Crippen LogP contribution in [0, 0.1) is 0 Å². The fourth-order valence-corrected chi connectivity index (χ4v) is 1.61. The molecule has 0 bridgehead atoms. The summed E-state index contributed by atoms with van der Waals surface area (Å²) in [5.41, 5.74) is 0.357. The van der Waals surface area contributed by atoms with E-state index in [-0.39, 0.29) is 11.5 Å². The minimum atomic E-state index is -0.372. The molecule has 0 radical (unpaired) electrons. The molecule has 0 aliphatic heterocycles. The van der Waals surface area contributed by atoms with Crippen LogP contribution in [0.3, 0.4) is 0 Å². The topological polar surface area (TPSA) is 61.2 Å². The fourth-order valence-electron chi connectivity index (χ4n) is 1.27. The SMILES string of the molecule is CCC(=CCn1cncc(Br)c1=O)C(=O)OC. The van der Waals surface area contributed by atoms with Crippen molar-refractivity contribution in [1.29, 1.82) is 0 Å². The molecular weight excluding hydrogens is 288 g/mol. The number of esters is 1. The minimum Gasteiger partial charge on any atom is -0.466 e. The Balaban J connectivity index is 2.92. The predicted octanol–water partition coefficient (Wildman–Crippen LogP) is 1.52. The lowest BCUT2D eigenvalue weighted by Crippen LogP contribution is -2.20. The number of aromatic nitrogens is 2. The van der Waals surface area contributed by atoms with E-state index in [1.54, 1.807) is 6.08 Å². The largest absolute Gasteiger partial charge is 0.466 e. The van der Waals surface area contributed by atoms with Gasteiger partial charge in [-0.05, 0) is 22.4 Å². The van der Waals surface area contributed by atoms with Gasteiger partial charge in [-0.1, -0.05) is 13.0 Å². The quantitative estimate of drug-likeness (QED) is 0.625. The molecule has 0 aliphatic carbocycles. The monoisotopic (exact) mass is 300 g/mol. The predicted molar refractivity (Wildman–Crippen MR) is 66.6 cm³/mol. The summed E-state index contributed by atoms with van der Waals surface area (Å²) in [5.74, 6) is -0.372. The average molecular weight is 301 g/mol. The summed E-state index contributed by atoms with van der Waals surface area (Å²) in [6, 6.07) is 0. The Labute approximate surface area is 107 Å². The highest BCUT2D eigenvalue weighted by atomic mass is 79.9. The summed E-state index contributed by atoms with van der Waals surface area (Å²) < 4.78 is 6.42. The summed E-state index contributed by atoms with van der Waals surface area (Å²) in [6.07, 6.45) is 5.09. The normalized spacial score (nSPS) is 11.4. The number of halogens is 1. The van der Waals surface area contributed by atoms with Crippen LogP contribution in [-0.4, -0.2) is 22.6 Å². The molecular formula is C11H13BrN2O3. The molecule has 1 aromatic heterocycles. The third-order valence-corrected chi connectivity index (χ3v) is 2.77. The molecule has 0 aromatic carbocycles. The van der Waals surface area contributed by atoms with Gasteiger partial charge in [-0.2, -0.15) is 0 Å². The molecule has 92 valence electrons. The highest BCUT2D eigenvalue weighted by Gasteiger charge is 2.06. The van der Waals surface area contributed by atoms with Crippen molar-refractivity contribution in [3.8, 4) is 0 Å². The number of nitrogens with zero attached hydrogens (tertiary/aromatic N) is 2. The summed E-state index contributed by atoms with van der Waals surface area (Å²) >= 11 is 3.10. The highest BCUT2D eigenvalue weighted by molar-refractivity contribution is 9.10. The van der Waals surface area contributed by atoms with E-state index in [1.165, 1.54) is 24.2 Å². The van der Waals surface area contributed by atoms with Gasteiger partial charge in [-0.3, -0.25) is 9.36 Å². The Bertz CT molecular complexity index is 494. The molecule has 5 nitrogen and oxygen atoms in total. The zero-order chi connectivity index (χ0) is 12.8. The first kappa shape index (κ1) is 13.6. The van der Waals surface area contributed by atoms with Gasteiger partial charge in [0.15, 0.2) is 0 Å². The van der Waals surface area contributed by atoms with Crippen molar-refractivity contribution in [2.45, 2.75) is 19.9 Å². The van der Waals surface area contributed by atoms with E-state index in [0.717, 1.165) is 0 Å². The molecule has 1 heterocycles. The van der Waals surface area contributed by atoms with E-state index in [1.807, 2.05) is 6.92 Å². The number of ether oxygens (including phenoxy) is 1. The Morgan fingerprint density at radius 1 is 1.65 bits per heavy atom. The van der Waals surface area contributed by atoms with Gasteiger partial charge >= 0.3 is 5.97 Å². The first-order chi connectivity index (χ1) is 8.10. The zero-order valence-electron chi connectivity index (χ0n) is 9.64. The summed E-state index contributed by atoms with van der Waals surface area (Å²) in [4.78, 5) is 26.8. The number of hydrogen-bond acceptors (Lipinski definition) is 4. The van der Waals surface area contributed by atoms with Gasteiger partial charge in [-0.15, -0.1) is 0 Å². The third-order valence-electron chi connectivity index (χ3n) is 2.22. The van der Waals surface area contributed by atoms with Gasteiger partial charge in [0.2, 0.25) is 0 Å². The molecule has 0 fully saturated rings. The second-order valence-electron chi connectivity index (χ2n) is 3.27. The van der Waals surface area contributed by atoms with Crippen molar-refractivity contribution in [3.63, 3.8) is 0 Å².